The summed E-state index contributed by atoms with van der Waals surface area (Å²) in [5, 5.41) is 13.2. The van der Waals surface area contributed by atoms with Gasteiger partial charge in [0.15, 0.2) is 11.4 Å². The van der Waals surface area contributed by atoms with Crippen LogP contribution in [0.3, 0.4) is 0 Å². The number of carbonyl (C=O) groups excluding carboxylic acids is 1. The van der Waals surface area contributed by atoms with Crippen molar-refractivity contribution in [3.05, 3.63) is 69.9 Å². The molecule has 1 aliphatic rings. The van der Waals surface area contributed by atoms with E-state index < -0.39 is 17.4 Å². The molecule has 3 aromatic heterocycles. The second kappa shape index (κ2) is 10.9. The van der Waals surface area contributed by atoms with Crippen LogP contribution >= 0.6 is 0 Å². The van der Waals surface area contributed by atoms with Crippen molar-refractivity contribution in [3.8, 4) is 5.75 Å². The number of β-amino-alcohol motifs (C(OH)–C–C–N with tert-alkyl or cyclic N) is 1. The van der Waals surface area contributed by atoms with Gasteiger partial charge in [-0.15, -0.1) is 0 Å². The van der Waals surface area contributed by atoms with E-state index in [0.717, 1.165) is 38.2 Å². The minimum absolute atomic E-state index is 0.0214. The van der Waals surface area contributed by atoms with Crippen molar-refractivity contribution in [2.45, 2.75) is 31.6 Å². The van der Waals surface area contributed by atoms with Gasteiger partial charge < -0.3 is 29.2 Å². The van der Waals surface area contributed by atoms with Crippen molar-refractivity contribution in [2.75, 3.05) is 33.4 Å². The number of para-hydroxylation sites is 1. The Kier molecular flexibility index (Phi) is 7.56. The predicted octanol–water partition coefficient (Wildman–Crippen LogP) is 3.15. The highest BCUT2D eigenvalue weighted by molar-refractivity contribution is 6.12. The standard InChI is InChI=1S/C28H30F3N5O4/c1-34-23-19-5-3-4-6-20(19)36(16-17-7-8-21(32-15-17)28(29,30)31)27(39)22(23)25(40-2)24(34)26(38)33-18-9-11-35(12-10-18)13-14-37/h3-8,15,18,37H,9-14,16H2,1-2H3,(H,33,38). The number of aryl methyl sites for hydroxylation is 1. The number of fused-ring (bicyclic) bond motifs is 3. The molecule has 4 aromatic rings. The molecule has 1 aromatic carbocycles. The van der Waals surface area contributed by atoms with Crippen LogP contribution in [0.1, 0.15) is 34.6 Å². The van der Waals surface area contributed by atoms with Crippen LogP contribution in [-0.2, 0) is 19.8 Å². The zero-order chi connectivity index (χ0) is 28.6. The number of likely N-dealkylation sites (tertiary alicyclic amines) is 1. The molecule has 5 rings (SSSR count). The van der Waals surface area contributed by atoms with Crippen molar-refractivity contribution in [1.82, 2.24) is 24.3 Å². The van der Waals surface area contributed by atoms with E-state index in [9.17, 15) is 27.9 Å². The Morgan fingerprint density at radius 3 is 2.52 bits per heavy atom. The SMILES string of the molecule is COc1c(C(=O)NC2CCN(CCO)CC2)n(C)c2c1c(=O)n(Cc1ccc(C(F)(F)F)nc1)c1ccccc21. The first-order valence-corrected chi connectivity index (χ1v) is 13.0. The van der Waals surface area contributed by atoms with E-state index in [4.69, 9.17) is 4.74 Å². The van der Waals surface area contributed by atoms with Crippen molar-refractivity contribution in [3.63, 3.8) is 0 Å². The minimum Gasteiger partial charge on any atom is -0.493 e. The maximum absolute atomic E-state index is 13.9. The summed E-state index contributed by atoms with van der Waals surface area (Å²) in [6.45, 7) is 2.18. The number of aromatic nitrogens is 3. The van der Waals surface area contributed by atoms with E-state index in [0.29, 0.717) is 28.5 Å². The van der Waals surface area contributed by atoms with Gasteiger partial charge in [-0.2, -0.15) is 13.2 Å². The molecule has 1 aliphatic heterocycles. The fraction of sp³-hybridized carbons (Fsp3) is 0.393. The predicted molar refractivity (Wildman–Crippen MR) is 144 cm³/mol. The molecule has 0 bridgehead atoms. The quantitative estimate of drug-likeness (QED) is 0.362. The number of halogens is 3. The number of rotatable bonds is 7. The zero-order valence-electron chi connectivity index (χ0n) is 22.2. The summed E-state index contributed by atoms with van der Waals surface area (Å²) in [4.78, 5) is 33.2. The number of carbonyl (C=O) groups is 1. The van der Waals surface area contributed by atoms with E-state index in [1.165, 1.54) is 17.7 Å². The molecule has 212 valence electrons. The van der Waals surface area contributed by atoms with Crippen LogP contribution in [0.15, 0.2) is 47.4 Å². The first-order valence-electron chi connectivity index (χ1n) is 13.0. The molecule has 2 N–H and O–H groups in total. The number of benzene rings is 1. The van der Waals surface area contributed by atoms with Gasteiger partial charge in [0.05, 0.1) is 31.3 Å². The molecule has 1 amide bonds. The number of nitrogens with zero attached hydrogens (tertiary/aromatic N) is 4. The summed E-state index contributed by atoms with van der Waals surface area (Å²) >= 11 is 0. The van der Waals surface area contributed by atoms with Crippen molar-refractivity contribution >= 4 is 27.7 Å². The first kappa shape index (κ1) is 27.7. The first-order chi connectivity index (χ1) is 19.1. The van der Waals surface area contributed by atoms with Gasteiger partial charge in [-0.1, -0.05) is 24.3 Å². The van der Waals surface area contributed by atoms with Crippen LogP contribution in [0.4, 0.5) is 13.2 Å². The fourth-order valence-corrected chi connectivity index (χ4v) is 5.50. The summed E-state index contributed by atoms with van der Waals surface area (Å²) in [5.41, 5.74) is 0.279. The Balaban J connectivity index is 1.57. The van der Waals surface area contributed by atoms with Gasteiger partial charge >= 0.3 is 6.18 Å². The van der Waals surface area contributed by atoms with Crippen molar-refractivity contribution in [1.29, 1.82) is 0 Å². The smallest absolute Gasteiger partial charge is 0.433 e. The maximum atomic E-state index is 13.9. The third kappa shape index (κ3) is 5.04. The number of aliphatic hydroxyl groups is 1. The van der Waals surface area contributed by atoms with E-state index in [2.05, 4.69) is 15.2 Å². The molecule has 1 saturated heterocycles. The third-order valence-electron chi connectivity index (χ3n) is 7.47. The van der Waals surface area contributed by atoms with Gasteiger partial charge in [-0.25, -0.2) is 0 Å². The molecule has 0 radical (unpaired) electrons. The molecule has 0 saturated carbocycles. The Morgan fingerprint density at radius 2 is 1.90 bits per heavy atom. The van der Waals surface area contributed by atoms with Gasteiger partial charge in [0.2, 0.25) is 0 Å². The molecule has 1 fully saturated rings. The summed E-state index contributed by atoms with van der Waals surface area (Å²) < 4.78 is 47.8. The number of ether oxygens (including phenoxy) is 1. The van der Waals surface area contributed by atoms with Crippen LogP contribution in [-0.4, -0.2) is 69.4 Å². The molecular formula is C28H30F3N5O4. The number of piperidine rings is 1. The number of pyridine rings is 2. The molecule has 0 unspecified atom stereocenters. The van der Waals surface area contributed by atoms with E-state index in [1.807, 2.05) is 12.1 Å². The lowest BCUT2D eigenvalue weighted by Crippen LogP contribution is -2.45. The molecular weight excluding hydrogens is 527 g/mol. The monoisotopic (exact) mass is 557 g/mol. The van der Waals surface area contributed by atoms with Crippen molar-refractivity contribution < 1.29 is 27.8 Å². The van der Waals surface area contributed by atoms with Gasteiger partial charge in [0.25, 0.3) is 11.5 Å². The van der Waals surface area contributed by atoms with Crippen LogP contribution < -0.4 is 15.6 Å². The number of nitrogens with one attached hydrogen (secondary N) is 1. The number of amides is 1. The molecule has 4 heterocycles. The number of hydrogen-bond acceptors (Lipinski definition) is 6. The van der Waals surface area contributed by atoms with Gasteiger partial charge in [-0.05, 0) is 30.5 Å². The van der Waals surface area contributed by atoms with Gasteiger partial charge in [0.1, 0.15) is 11.1 Å². The summed E-state index contributed by atoms with van der Waals surface area (Å²) in [5.74, 6) is -0.221. The lowest BCUT2D eigenvalue weighted by molar-refractivity contribution is -0.141. The van der Waals surface area contributed by atoms with Crippen LogP contribution in [0.2, 0.25) is 0 Å². The highest BCUT2D eigenvalue weighted by Crippen LogP contribution is 2.35. The molecule has 0 atom stereocenters. The molecule has 9 nitrogen and oxygen atoms in total. The lowest BCUT2D eigenvalue weighted by Gasteiger charge is -2.31. The average molecular weight is 558 g/mol. The normalized spacial score (nSPS) is 15.2. The highest BCUT2D eigenvalue weighted by Gasteiger charge is 2.32. The Morgan fingerprint density at radius 1 is 1.18 bits per heavy atom. The second-order valence-corrected chi connectivity index (χ2v) is 9.94. The molecule has 0 spiro atoms. The molecule has 12 heteroatoms. The van der Waals surface area contributed by atoms with Crippen LogP contribution in [0.5, 0.6) is 5.75 Å². The van der Waals surface area contributed by atoms with Crippen molar-refractivity contribution in [2.24, 2.45) is 7.05 Å². The molecule has 0 aliphatic carbocycles. The zero-order valence-corrected chi connectivity index (χ0v) is 22.2. The fourth-order valence-electron chi connectivity index (χ4n) is 5.50. The van der Waals surface area contributed by atoms with Crippen LogP contribution in [0, 0.1) is 0 Å². The molecule has 40 heavy (non-hydrogen) atoms. The number of hydrogen-bond donors (Lipinski definition) is 2. The second-order valence-electron chi connectivity index (χ2n) is 9.94. The topological polar surface area (TPSA) is 102 Å². The number of alkyl halides is 3. The van der Waals surface area contributed by atoms with E-state index >= 15 is 0 Å². The third-order valence-corrected chi connectivity index (χ3v) is 7.47. The van der Waals surface area contributed by atoms with Crippen LogP contribution in [0.25, 0.3) is 21.8 Å². The lowest BCUT2D eigenvalue weighted by atomic mass is 10.0. The summed E-state index contributed by atoms with van der Waals surface area (Å²) in [7, 11) is 3.11. The number of methoxy groups -OCH3 is 1. The highest BCUT2D eigenvalue weighted by atomic mass is 19.4. The largest absolute Gasteiger partial charge is 0.493 e. The Hall–Kier alpha value is -3.90. The minimum atomic E-state index is -4.56. The van der Waals surface area contributed by atoms with Gasteiger partial charge in [-0.3, -0.25) is 14.6 Å². The Bertz CT molecular complexity index is 1600. The summed E-state index contributed by atoms with van der Waals surface area (Å²) in [6.07, 6.45) is -1.99. The van der Waals surface area contributed by atoms with E-state index in [-0.39, 0.29) is 41.9 Å². The number of aliphatic hydroxyl groups excluding tert-OH is 1. The van der Waals surface area contributed by atoms with Gasteiger partial charge in [0, 0.05) is 44.3 Å². The summed E-state index contributed by atoms with van der Waals surface area (Å²) in [6, 6.07) is 9.30. The average Bonchev–Trinajstić information content (AvgIpc) is 3.24. The Labute approximate surface area is 227 Å². The van der Waals surface area contributed by atoms with E-state index in [1.54, 1.807) is 23.7 Å². The maximum Gasteiger partial charge on any atom is 0.433 e.